The lowest BCUT2D eigenvalue weighted by atomic mass is 9.89. The largest absolute Gasteiger partial charge is 0.314 e. The molecule has 88 valence electrons. The molecule has 0 spiro atoms. The second kappa shape index (κ2) is 4.39. The van der Waals surface area contributed by atoms with Gasteiger partial charge in [0.2, 0.25) is 10.0 Å². The van der Waals surface area contributed by atoms with Gasteiger partial charge in [0.1, 0.15) is 0 Å². The van der Waals surface area contributed by atoms with Crippen molar-refractivity contribution in [1.29, 1.82) is 0 Å². The number of hydrogen-bond donors (Lipinski definition) is 1. The first kappa shape index (κ1) is 11.4. The van der Waals surface area contributed by atoms with Crippen molar-refractivity contribution in [3.8, 4) is 0 Å². The van der Waals surface area contributed by atoms with Crippen molar-refractivity contribution in [2.24, 2.45) is 5.92 Å². The van der Waals surface area contributed by atoms with Crippen LogP contribution in [-0.2, 0) is 10.0 Å². The van der Waals surface area contributed by atoms with E-state index in [9.17, 15) is 8.42 Å². The van der Waals surface area contributed by atoms with Crippen LogP contribution in [0.5, 0.6) is 0 Å². The first-order valence-electron chi connectivity index (χ1n) is 5.76. The van der Waals surface area contributed by atoms with E-state index in [2.05, 4.69) is 5.32 Å². The summed E-state index contributed by atoms with van der Waals surface area (Å²) in [5.74, 6) is 0.686. The molecule has 2 saturated heterocycles. The Morgan fingerprint density at radius 3 is 2.33 bits per heavy atom. The highest BCUT2D eigenvalue weighted by Crippen LogP contribution is 2.26. The average Bonchev–Trinajstić information content (AvgIpc) is 2.69. The summed E-state index contributed by atoms with van der Waals surface area (Å²) in [7, 11) is -2.96. The van der Waals surface area contributed by atoms with Crippen LogP contribution in [0.15, 0.2) is 0 Å². The molecule has 1 N–H and O–H groups in total. The maximum Gasteiger partial charge on any atom is 0.211 e. The summed E-state index contributed by atoms with van der Waals surface area (Å²) in [4.78, 5) is 0. The average molecular weight is 232 g/mol. The van der Waals surface area contributed by atoms with E-state index in [0.717, 1.165) is 19.4 Å². The number of nitrogens with zero attached hydrogens (tertiary/aromatic N) is 1. The lowest BCUT2D eigenvalue weighted by molar-refractivity contribution is 0.235. The van der Waals surface area contributed by atoms with E-state index in [1.54, 1.807) is 4.31 Å². The third-order valence-electron chi connectivity index (χ3n) is 3.64. The monoisotopic (exact) mass is 232 g/mol. The summed E-state index contributed by atoms with van der Waals surface area (Å²) >= 11 is 0. The quantitative estimate of drug-likeness (QED) is 0.750. The van der Waals surface area contributed by atoms with Crippen LogP contribution in [0.2, 0.25) is 0 Å². The highest BCUT2D eigenvalue weighted by Gasteiger charge is 2.30. The normalized spacial score (nSPS) is 30.9. The number of rotatable bonds is 2. The van der Waals surface area contributed by atoms with Gasteiger partial charge in [-0.25, -0.2) is 12.7 Å². The van der Waals surface area contributed by atoms with Crippen molar-refractivity contribution in [2.75, 3.05) is 25.9 Å². The Morgan fingerprint density at radius 1 is 1.20 bits per heavy atom. The van der Waals surface area contributed by atoms with Gasteiger partial charge >= 0.3 is 0 Å². The minimum absolute atomic E-state index is 0.645. The molecule has 0 saturated carbocycles. The van der Waals surface area contributed by atoms with E-state index in [-0.39, 0.29) is 0 Å². The number of sulfonamides is 1. The van der Waals surface area contributed by atoms with E-state index in [1.165, 1.54) is 19.1 Å². The van der Waals surface area contributed by atoms with Crippen LogP contribution in [0, 0.1) is 5.92 Å². The SMILES string of the molecule is CS(=O)(=O)N1CCC(C2CCCN2)CC1. The summed E-state index contributed by atoms with van der Waals surface area (Å²) in [5.41, 5.74) is 0. The Labute approximate surface area is 92.1 Å². The smallest absolute Gasteiger partial charge is 0.211 e. The Balaban J connectivity index is 1.86. The molecule has 0 aromatic carbocycles. The van der Waals surface area contributed by atoms with Gasteiger partial charge in [-0.15, -0.1) is 0 Å². The van der Waals surface area contributed by atoms with E-state index >= 15 is 0 Å². The predicted molar refractivity (Wildman–Crippen MR) is 60.2 cm³/mol. The van der Waals surface area contributed by atoms with Gasteiger partial charge in [0.15, 0.2) is 0 Å². The summed E-state index contributed by atoms with van der Waals surface area (Å²) in [6, 6.07) is 0.645. The molecule has 1 unspecified atom stereocenters. The molecule has 0 amide bonds. The molecule has 0 aromatic rings. The molecule has 0 bridgehead atoms. The standard InChI is InChI=1S/C10H20N2O2S/c1-15(13,14)12-7-4-9(5-8-12)10-3-2-6-11-10/h9-11H,2-8H2,1H3. The first-order valence-corrected chi connectivity index (χ1v) is 7.61. The molecule has 2 rings (SSSR count). The maximum atomic E-state index is 11.3. The van der Waals surface area contributed by atoms with Crippen molar-refractivity contribution in [2.45, 2.75) is 31.7 Å². The van der Waals surface area contributed by atoms with Crippen LogP contribution in [-0.4, -0.2) is 44.7 Å². The molecule has 1 atom stereocenters. The molecule has 0 radical (unpaired) electrons. The minimum Gasteiger partial charge on any atom is -0.314 e. The van der Waals surface area contributed by atoms with Crippen LogP contribution in [0.3, 0.4) is 0 Å². The summed E-state index contributed by atoms with van der Waals surface area (Å²) in [6.07, 6.45) is 5.89. The second-order valence-electron chi connectivity index (χ2n) is 4.70. The molecule has 15 heavy (non-hydrogen) atoms. The van der Waals surface area contributed by atoms with Crippen molar-refractivity contribution < 1.29 is 8.42 Å². The number of nitrogens with one attached hydrogen (secondary N) is 1. The predicted octanol–water partition coefficient (Wildman–Crippen LogP) is 0.410. The van der Waals surface area contributed by atoms with E-state index in [0.29, 0.717) is 25.0 Å². The molecular formula is C10H20N2O2S. The van der Waals surface area contributed by atoms with Gasteiger partial charge in [-0.05, 0) is 38.1 Å². The van der Waals surface area contributed by atoms with Gasteiger partial charge in [0.25, 0.3) is 0 Å². The Morgan fingerprint density at radius 2 is 1.87 bits per heavy atom. The minimum atomic E-state index is -2.96. The van der Waals surface area contributed by atoms with E-state index in [1.807, 2.05) is 0 Å². The van der Waals surface area contributed by atoms with Crippen molar-refractivity contribution >= 4 is 10.0 Å². The number of hydrogen-bond acceptors (Lipinski definition) is 3. The fourth-order valence-electron chi connectivity index (χ4n) is 2.72. The maximum absolute atomic E-state index is 11.3. The first-order chi connectivity index (χ1) is 7.07. The summed E-state index contributed by atoms with van der Waals surface area (Å²) in [6.45, 7) is 2.56. The molecular weight excluding hydrogens is 212 g/mol. The van der Waals surface area contributed by atoms with Crippen LogP contribution >= 0.6 is 0 Å². The van der Waals surface area contributed by atoms with Gasteiger partial charge in [0, 0.05) is 19.1 Å². The molecule has 2 aliphatic heterocycles. The third kappa shape index (κ3) is 2.71. The van der Waals surface area contributed by atoms with Crippen LogP contribution < -0.4 is 5.32 Å². The highest BCUT2D eigenvalue weighted by molar-refractivity contribution is 7.88. The van der Waals surface area contributed by atoms with Crippen LogP contribution in [0.4, 0.5) is 0 Å². The van der Waals surface area contributed by atoms with Gasteiger partial charge in [0.05, 0.1) is 6.26 Å². The highest BCUT2D eigenvalue weighted by atomic mass is 32.2. The third-order valence-corrected chi connectivity index (χ3v) is 4.94. The topological polar surface area (TPSA) is 49.4 Å². The molecule has 0 aliphatic carbocycles. The zero-order valence-corrected chi connectivity index (χ0v) is 10.1. The summed E-state index contributed by atoms with van der Waals surface area (Å²) < 4.78 is 24.3. The van der Waals surface area contributed by atoms with Gasteiger partial charge < -0.3 is 5.32 Å². The molecule has 4 nitrogen and oxygen atoms in total. The fraction of sp³-hybridized carbons (Fsp3) is 1.00. The molecule has 5 heteroatoms. The molecule has 0 aromatic heterocycles. The fourth-order valence-corrected chi connectivity index (χ4v) is 3.60. The lowest BCUT2D eigenvalue weighted by Gasteiger charge is -2.33. The van der Waals surface area contributed by atoms with Gasteiger partial charge in [-0.3, -0.25) is 0 Å². The van der Waals surface area contributed by atoms with Gasteiger partial charge in [-0.2, -0.15) is 0 Å². The summed E-state index contributed by atoms with van der Waals surface area (Å²) in [5, 5.41) is 3.51. The van der Waals surface area contributed by atoms with E-state index in [4.69, 9.17) is 0 Å². The molecule has 2 fully saturated rings. The van der Waals surface area contributed by atoms with Crippen molar-refractivity contribution in [1.82, 2.24) is 9.62 Å². The second-order valence-corrected chi connectivity index (χ2v) is 6.68. The molecule has 2 heterocycles. The van der Waals surface area contributed by atoms with Crippen molar-refractivity contribution in [3.05, 3.63) is 0 Å². The lowest BCUT2D eigenvalue weighted by Crippen LogP contribution is -2.42. The Kier molecular flexibility index (Phi) is 3.33. The number of piperidine rings is 1. The Hall–Kier alpha value is -0.130. The van der Waals surface area contributed by atoms with Crippen molar-refractivity contribution in [3.63, 3.8) is 0 Å². The zero-order chi connectivity index (χ0) is 10.9. The van der Waals surface area contributed by atoms with Gasteiger partial charge in [-0.1, -0.05) is 0 Å². The zero-order valence-electron chi connectivity index (χ0n) is 9.28. The molecule has 2 aliphatic rings. The van der Waals surface area contributed by atoms with E-state index < -0.39 is 10.0 Å². The Bertz CT molecular complexity index is 301. The van der Waals surface area contributed by atoms with Crippen LogP contribution in [0.25, 0.3) is 0 Å². The van der Waals surface area contributed by atoms with Crippen LogP contribution in [0.1, 0.15) is 25.7 Å².